The van der Waals surface area contributed by atoms with Gasteiger partial charge < -0.3 is 5.32 Å². The quantitative estimate of drug-likeness (QED) is 0.823. The summed E-state index contributed by atoms with van der Waals surface area (Å²) < 4.78 is 0. The van der Waals surface area contributed by atoms with Crippen LogP contribution in [0.3, 0.4) is 0 Å². The first-order chi connectivity index (χ1) is 10.6. The van der Waals surface area contributed by atoms with E-state index in [2.05, 4.69) is 26.1 Å². The number of aromatic nitrogens is 2. The van der Waals surface area contributed by atoms with Crippen molar-refractivity contribution in [2.75, 3.05) is 26.2 Å². The van der Waals surface area contributed by atoms with Crippen molar-refractivity contribution in [1.82, 2.24) is 20.2 Å². The topological polar surface area (TPSA) is 58.1 Å². The number of fused-ring (bicyclic) bond motifs is 1. The van der Waals surface area contributed by atoms with Gasteiger partial charge in [-0.1, -0.05) is 18.9 Å². The number of aryl methyl sites for hydroxylation is 1. The van der Waals surface area contributed by atoms with Crippen LogP contribution in [0.5, 0.6) is 0 Å². The van der Waals surface area contributed by atoms with Gasteiger partial charge in [0.15, 0.2) is 0 Å². The van der Waals surface area contributed by atoms with Gasteiger partial charge in [0.25, 0.3) is 5.91 Å². The lowest BCUT2D eigenvalue weighted by Gasteiger charge is -2.17. The zero-order valence-electron chi connectivity index (χ0n) is 13.0. The van der Waals surface area contributed by atoms with E-state index in [0.717, 1.165) is 23.1 Å². The first-order valence-corrected chi connectivity index (χ1v) is 7.31. The molecular formula is C17H20N4O. The summed E-state index contributed by atoms with van der Waals surface area (Å²) in [4.78, 5) is 22.8. The molecule has 0 atom stereocenters. The summed E-state index contributed by atoms with van der Waals surface area (Å²) in [5.74, 6) is 2.39. The van der Waals surface area contributed by atoms with Crippen molar-refractivity contribution in [3.8, 4) is 12.3 Å². The lowest BCUT2D eigenvalue weighted by Crippen LogP contribution is -2.35. The van der Waals surface area contributed by atoms with E-state index in [1.54, 1.807) is 0 Å². The van der Waals surface area contributed by atoms with Crippen molar-refractivity contribution in [2.45, 2.75) is 13.8 Å². The molecule has 1 heterocycles. The standard InChI is InChI=1S/C17H20N4O/c1-4-9-21(5-2)10-8-18-17(22)16-12-19-15-11-13(3)6-7-14(15)20-16/h1,6-7,11-12H,5,8-10H2,2-3H3,(H,18,22). The third kappa shape index (κ3) is 4.03. The summed E-state index contributed by atoms with van der Waals surface area (Å²) >= 11 is 0. The summed E-state index contributed by atoms with van der Waals surface area (Å²) in [5, 5.41) is 2.85. The van der Waals surface area contributed by atoms with Gasteiger partial charge >= 0.3 is 0 Å². The van der Waals surface area contributed by atoms with Crippen molar-refractivity contribution in [3.05, 3.63) is 35.7 Å². The maximum atomic E-state index is 12.1. The average Bonchev–Trinajstić information content (AvgIpc) is 2.53. The third-order valence-electron chi connectivity index (χ3n) is 3.41. The van der Waals surface area contributed by atoms with Crippen molar-refractivity contribution in [1.29, 1.82) is 0 Å². The number of nitrogens with one attached hydrogen (secondary N) is 1. The van der Waals surface area contributed by atoms with Crippen LogP contribution >= 0.6 is 0 Å². The van der Waals surface area contributed by atoms with E-state index in [1.165, 1.54) is 6.20 Å². The molecule has 114 valence electrons. The van der Waals surface area contributed by atoms with Gasteiger partial charge in [-0.2, -0.15) is 0 Å². The van der Waals surface area contributed by atoms with Gasteiger partial charge in [-0.25, -0.2) is 4.98 Å². The minimum atomic E-state index is -0.216. The van der Waals surface area contributed by atoms with Gasteiger partial charge in [0.1, 0.15) is 5.69 Å². The Bertz CT molecular complexity index is 705. The van der Waals surface area contributed by atoms with Gasteiger partial charge in [-0.05, 0) is 31.2 Å². The van der Waals surface area contributed by atoms with Crippen LogP contribution in [-0.2, 0) is 0 Å². The number of hydrogen-bond donors (Lipinski definition) is 1. The first-order valence-electron chi connectivity index (χ1n) is 7.31. The van der Waals surface area contributed by atoms with Gasteiger partial charge in [-0.3, -0.25) is 14.7 Å². The molecule has 0 fully saturated rings. The molecule has 0 aliphatic carbocycles. The van der Waals surface area contributed by atoms with E-state index in [1.807, 2.05) is 32.0 Å². The smallest absolute Gasteiger partial charge is 0.271 e. The van der Waals surface area contributed by atoms with E-state index >= 15 is 0 Å². The van der Waals surface area contributed by atoms with E-state index in [-0.39, 0.29) is 5.91 Å². The number of amides is 1. The van der Waals surface area contributed by atoms with E-state index in [4.69, 9.17) is 6.42 Å². The molecule has 22 heavy (non-hydrogen) atoms. The van der Waals surface area contributed by atoms with Crippen LogP contribution in [0.1, 0.15) is 23.0 Å². The monoisotopic (exact) mass is 296 g/mol. The summed E-state index contributed by atoms with van der Waals surface area (Å²) in [6, 6.07) is 5.78. The lowest BCUT2D eigenvalue weighted by atomic mass is 10.2. The fraction of sp³-hybridized carbons (Fsp3) is 0.353. The molecule has 0 bridgehead atoms. The number of carbonyl (C=O) groups excluding carboxylic acids is 1. The molecule has 1 N–H and O–H groups in total. The number of hydrogen-bond acceptors (Lipinski definition) is 4. The van der Waals surface area contributed by atoms with Crippen molar-refractivity contribution >= 4 is 16.9 Å². The highest BCUT2D eigenvalue weighted by Gasteiger charge is 2.09. The lowest BCUT2D eigenvalue weighted by molar-refractivity contribution is 0.0944. The minimum Gasteiger partial charge on any atom is -0.349 e. The van der Waals surface area contributed by atoms with E-state index < -0.39 is 0 Å². The number of benzene rings is 1. The van der Waals surface area contributed by atoms with Crippen LogP contribution in [0.25, 0.3) is 11.0 Å². The molecule has 5 heteroatoms. The molecule has 1 aromatic heterocycles. The average molecular weight is 296 g/mol. The molecule has 1 amide bonds. The predicted molar refractivity (Wildman–Crippen MR) is 87.6 cm³/mol. The SMILES string of the molecule is C#CCN(CC)CCNC(=O)c1cnc2cc(C)ccc2n1. The van der Waals surface area contributed by atoms with Crippen LogP contribution in [-0.4, -0.2) is 47.0 Å². The predicted octanol–water partition coefficient (Wildman–Crippen LogP) is 1.62. The Morgan fingerprint density at radius 2 is 2.23 bits per heavy atom. The fourth-order valence-corrected chi connectivity index (χ4v) is 2.13. The van der Waals surface area contributed by atoms with Crippen molar-refractivity contribution in [2.24, 2.45) is 0 Å². The zero-order chi connectivity index (χ0) is 15.9. The van der Waals surface area contributed by atoms with Crippen molar-refractivity contribution in [3.63, 3.8) is 0 Å². The second kappa shape index (κ2) is 7.53. The molecule has 0 saturated heterocycles. The highest BCUT2D eigenvalue weighted by Crippen LogP contribution is 2.11. The number of carbonyl (C=O) groups is 1. The third-order valence-corrected chi connectivity index (χ3v) is 3.41. The molecular weight excluding hydrogens is 276 g/mol. The Balaban J connectivity index is 1.98. The van der Waals surface area contributed by atoms with Gasteiger partial charge in [0.05, 0.1) is 23.8 Å². The van der Waals surface area contributed by atoms with Gasteiger partial charge in [0, 0.05) is 13.1 Å². The van der Waals surface area contributed by atoms with Crippen molar-refractivity contribution < 1.29 is 4.79 Å². The molecule has 0 radical (unpaired) electrons. The molecule has 0 saturated carbocycles. The normalized spacial score (nSPS) is 10.6. The fourth-order valence-electron chi connectivity index (χ4n) is 2.13. The second-order valence-electron chi connectivity index (χ2n) is 5.08. The Hall–Kier alpha value is -2.45. The zero-order valence-corrected chi connectivity index (χ0v) is 13.0. The summed E-state index contributed by atoms with van der Waals surface area (Å²) in [5.41, 5.74) is 2.96. The number of terminal acetylenes is 1. The molecule has 0 aliphatic rings. The molecule has 5 nitrogen and oxygen atoms in total. The number of likely N-dealkylation sites (N-methyl/N-ethyl adjacent to an activating group) is 1. The Labute approximate surface area is 130 Å². The molecule has 2 rings (SSSR count). The van der Waals surface area contributed by atoms with Crippen LogP contribution in [0.4, 0.5) is 0 Å². The highest BCUT2D eigenvalue weighted by atomic mass is 16.1. The van der Waals surface area contributed by atoms with E-state index in [0.29, 0.717) is 25.3 Å². The number of rotatable bonds is 6. The first kappa shape index (κ1) is 15.9. The number of nitrogens with zero attached hydrogens (tertiary/aromatic N) is 3. The van der Waals surface area contributed by atoms with Gasteiger partial charge in [0.2, 0.25) is 0 Å². The summed E-state index contributed by atoms with van der Waals surface area (Å²) in [7, 11) is 0. The maximum Gasteiger partial charge on any atom is 0.271 e. The molecule has 0 aliphatic heterocycles. The van der Waals surface area contributed by atoms with E-state index in [9.17, 15) is 4.79 Å². The second-order valence-corrected chi connectivity index (χ2v) is 5.08. The Kier molecular flexibility index (Phi) is 5.45. The highest BCUT2D eigenvalue weighted by molar-refractivity contribution is 5.93. The van der Waals surface area contributed by atoms with Crippen LogP contribution in [0, 0.1) is 19.3 Å². The maximum absolute atomic E-state index is 12.1. The van der Waals surface area contributed by atoms with Gasteiger partial charge in [-0.15, -0.1) is 6.42 Å². The Morgan fingerprint density at radius 1 is 1.41 bits per heavy atom. The minimum absolute atomic E-state index is 0.216. The van der Waals surface area contributed by atoms with Crippen LogP contribution in [0.15, 0.2) is 24.4 Å². The summed E-state index contributed by atoms with van der Waals surface area (Å²) in [6.45, 7) is 6.72. The van der Waals surface area contributed by atoms with Crippen LogP contribution < -0.4 is 5.32 Å². The molecule has 0 unspecified atom stereocenters. The van der Waals surface area contributed by atoms with Crippen LogP contribution in [0.2, 0.25) is 0 Å². The summed E-state index contributed by atoms with van der Waals surface area (Å²) in [6.07, 6.45) is 6.80. The largest absolute Gasteiger partial charge is 0.349 e. The molecule has 1 aromatic carbocycles. The Morgan fingerprint density at radius 3 is 2.95 bits per heavy atom. The molecule has 2 aromatic rings. The molecule has 0 spiro atoms.